The van der Waals surface area contributed by atoms with Crippen LogP contribution in [-0.4, -0.2) is 47.3 Å². The first-order chi connectivity index (χ1) is 12.2. The zero-order chi connectivity index (χ0) is 18.9. The van der Waals surface area contributed by atoms with Gasteiger partial charge in [-0.25, -0.2) is 9.59 Å². The minimum absolute atomic E-state index is 0.197. The Morgan fingerprint density at radius 1 is 1.15 bits per heavy atom. The molecule has 1 aromatic carbocycles. The van der Waals surface area contributed by atoms with Crippen LogP contribution in [-0.2, 0) is 15.1 Å². The molecule has 6 nitrogen and oxygen atoms in total. The predicted octanol–water partition coefficient (Wildman–Crippen LogP) is 2.83. The van der Waals surface area contributed by atoms with E-state index in [1.54, 1.807) is 32.9 Å². The topological polar surface area (TPSA) is 78.9 Å². The van der Waals surface area contributed by atoms with Crippen LogP contribution in [0.4, 0.5) is 4.79 Å². The summed E-state index contributed by atoms with van der Waals surface area (Å²) in [5.74, 6) is -0.961. The van der Waals surface area contributed by atoms with Crippen molar-refractivity contribution in [1.82, 2.24) is 10.2 Å². The molecule has 2 atom stereocenters. The first kappa shape index (κ1) is 18.7. The largest absolute Gasteiger partial charge is 0.479 e. The first-order valence-corrected chi connectivity index (χ1v) is 9.25. The first-order valence-electron chi connectivity index (χ1n) is 9.25. The molecule has 3 saturated heterocycles. The van der Waals surface area contributed by atoms with E-state index >= 15 is 0 Å². The highest BCUT2D eigenvalue weighted by Gasteiger charge is 2.55. The third-order valence-corrected chi connectivity index (χ3v) is 5.48. The fourth-order valence-corrected chi connectivity index (χ4v) is 4.34. The molecule has 1 amide bonds. The summed E-state index contributed by atoms with van der Waals surface area (Å²) in [7, 11) is 0. The summed E-state index contributed by atoms with van der Waals surface area (Å²) in [5, 5.41) is 13.1. The number of amides is 1. The SMILES string of the molecule is CC(C)(C)OC(=O)N[C@@](C(=O)O)(c1ccccc1)[C@H]1CN2CCC1CC2. The molecule has 0 aromatic heterocycles. The molecule has 2 N–H and O–H groups in total. The van der Waals surface area contributed by atoms with E-state index in [2.05, 4.69) is 10.2 Å². The number of hydrogen-bond acceptors (Lipinski definition) is 4. The molecule has 2 bridgehead atoms. The van der Waals surface area contributed by atoms with E-state index in [1.165, 1.54) is 0 Å². The lowest BCUT2D eigenvalue weighted by Gasteiger charge is -2.51. The Kier molecular flexibility index (Phi) is 4.97. The average Bonchev–Trinajstić information content (AvgIpc) is 2.59. The Balaban J connectivity index is 2.02. The number of hydrogen-bond donors (Lipinski definition) is 2. The Morgan fingerprint density at radius 2 is 1.77 bits per heavy atom. The number of piperidine rings is 3. The molecule has 3 aliphatic heterocycles. The fraction of sp³-hybridized carbons (Fsp3) is 0.600. The quantitative estimate of drug-likeness (QED) is 0.863. The van der Waals surface area contributed by atoms with Gasteiger partial charge >= 0.3 is 12.1 Å². The van der Waals surface area contributed by atoms with Crippen LogP contribution in [0.15, 0.2) is 30.3 Å². The van der Waals surface area contributed by atoms with Gasteiger partial charge in [-0.15, -0.1) is 0 Å². The second kappa shape index (κ2) is 6.91. The normalized spacial score (nSPS) is 27.4. The van der Waals surface area contributed by atoms with Crippen LogP contribution in [0.3, 0.4) is 0 Å². The molecule has 0 saturated carbocycles. The number of carboxylic acids is 1. The molecular formula is C20H28N2O4. The van der Waals surface area contributed by atoms with Gasteiger partial charge in [0, 0.05) is 12.5 Å². The van der Waals surface area contributed by atoms with Gasteiger partial charge in [-0.1, -0.05) is 30.3 Å². The molecule has 3 heterocycles. The molecule has 4 rings (SSSR count). The van der Waals surface area contributed by atoms with E-state index in [0.717, 1.165) is 25.9 Å². The number of nitrogens with one attached hydrogen (secondary N) is 1. The van der Waals surface area contributed by atoms with Crippen LogP contribution >= 0.6 is 0 Å². The Hall–Kier alpha value is -2.08. The summed E-state index contributed by atoms with van der Waals surface area (Å²) < 4.78 is 5.41. The van der Waals surface area contributed by atoms with E-state index in [4.69, 9.17) is 4.74 Å². The van der Waals surface area contributed by atoms with Gasteiger partial charge in [-0.05, 0) is 58.2 Å². The van der Waals surface area contributed by atoms with Crippen LogP contribution < -0.4 is 5.32 Å². The van der Waals surface area contributed by atoms with Crippen molar-refractivity contribution < 1.29 is 19.4 Å². The Bertz CT molecular complexity index is 662. The second-order valence-electron chi connectivity index (χ2n) is 8.35. The molecule has 6 heteroatoms. The lowest BCUT2D eigenvalue weighted by atomic mass is 9.66. The van der Waals surface area contributed by atoms with E-state index < -0.39 is 23.2 Å². The number of aliphatic carboxylic acids is 1. The van der Waals surface area contributed by atoms with Crippen molar-refractivity contribution in [3.63, 3.8) is 0 Å². The summed E-state index contributed by atoms with van der Waals surface area (Å²) in [4.78, 5) is 27.5. The number of alkyl carbamates (subject to hydrolysis) is 1. The van der Waals surface area contributed by atoms with Crippen molar-refractivity contribution in [2.75, 3.05) is 19.6 Å². The van der Waals surface area contributed by atoms with Crippen molar-refractivity contribution in [1.29, 1.82) is 0 Å². The van der Waals surface area contributed by atoms with Gasteiger partial charge in [0.1, 0.15) is 5.60 Å². The molecule has 142 valence electrons. The van der Waals surface area contributed by atoms with Crippen molar-refractivity contribution in [2.24, 2.45) is 11.8 Å². The van der Waals surface area contributed by atoms with Gasteiger partial charge in [-0.3, -0.25) is 0 Å². The summed E-state index contributed by atoms with van der Waals surface area (Å²) in [6.45, 7) is 7.97. The highest BCUT2D eigenvalue weighted by molar-refractivity contribution is 5.86. The smallest absolute Gasteiger partial charge is 0.408 e. The minimum atomic E-state index is -1.49. The molecule has 0 unspecified atom stereocenters. The summed E-state index contributed by atoms with van der Waals surface area (Å²) in [6.07, 6.45) is 1.23. The van der Waals surface area contributed by atoms with Gasteiger partial charge in [-0.2, -0.15) is 0 Å². The molecule has 26 heavy (non-hydrogen) atoms. The van der Waals surface area contributed by atoms with E-state index in [0.29, 0.717) is 12.1 Å². The monoisotopic (exact) mass is 360 g/mol. The maximum atomic E-state index is 12.6. The number of carbonyl (C=O) groups excluding carboxylic acids is 1. The number of ether oxygens (including phenoxy) is 1. The molecule has 0 spiro atoms. The second-order valence-corrected chi connectivity index (χ2v) is 8.35. The van der Waals surface area contributed by atoms with Crippen LogP contribution in [0.25, 0.3) is 0 Å². The standard InChI is InChI=1S/C20H28N2O4/c1-19(2,3)26-18(25)21-20(17(23)24,15-7-5-4-6-8-15)16-13-22-11-9-14(16)10-12-22/h4-8,14,16H,9-13H2,1-3H3,(H,21,25)(H,23,24)/t16-,20-/m0/s1. The Morgan fingerprint density at radius 3 is 2.23 bits per heavy atom. The zero-order valence-corrected chi connectivity index (χ0v) is 15.7. The lowest BCUT2D eigenvalue weighted by molar-refractivity contribution is -0.152. The molecule has 0 aliphatic carbocycles. The summed E-state index contributed by atoms with van der Waals surface area (Å²) in [5.41, 5.74) is -1.59. The zero-order valence-electron chi connectivity index (χ0n) is 15.7. The number of fused-ring (bicyclic) bond motifs is 3. The third-order valence-electron chi connectivity index (χ3n) is 5.48. The van der Waals surface area contributed by atoms with Gasteiger partial charge in [0.05, 0.1) is 0 Å². The Labute approximate surface area is 154 Å². The van der Waals surface area contributed by atoms with Gasteiger partial charge in [0.15, 0.2) is 5.54 Å². The molecule has 3 fully saturated rings. The molecular weight excluding hydrogens is 332 g/mol. The van der Waals surface area contributed by atoms with Crippen molar-refractivity contribution in [3.05, 3.63) is 35.9 Å². The van der Waals surface area contributed by atoms with Crippen LogP contribution in [0, 0.1) is 11.8 Å². The highest BCUT2D eigenvalue weighted by atomic mass is 16.6. The number of carboxylic acid groups (broad SMARTS) is 1. The number of rotatable bonds is 4. The summed E-state index contributed by atoms with van der Waals surface area (Å²) in [6, 6.07) is 9.03. The molecule has 3 aliphatic rings. The third kappa shape index (κ3) is 3.56. The van der Waals surface area contributed by atoms with Crippen LogP contribution in [0.5, 0.6) is 0 Å². The number of carbonyl (C=O) groups is 2. The van der Waals surface area contributed by atoms with Crippen LogP contribution in [0.1, 0.15) is 39.2 Å². The van der Waals surface area contributed by atoms with Gasteiger partial charge in [0.25, 0.3) is 0 Å². The molecule has 1 aromatic rings. The molecule has 0 radical (unpaired) electrons. The maximum Gasteiger partial charge on any atom is 0.408 e. The summed E-state index contributed by atoms with van der Waals surface area (Å²) >= 11 is 0. The average molecular weight is 360 g/mol. The van der Waals surface area contributed by atoms with Crippen molar-refractivity contribution in [3.8, 4) is 0 Å². The number of nitrogens with zero attached hydrogens (tertiary/aromatic N) is 1. The van der Waals surface area contributed by atoms with Crippen molar-refractivity contribution in [2.45, 2.75) is 44.8 Å². The van der Waals surface area contributed by atoms with E-state index in [1.807, 2.05) is 18.2 Å². The number of benzene rings is 1. The lowest BCUT2D eigenvalue weighted by Crippen LogP contribution is -2.64. The van der Waals surface area contributed by atoms with E-state index in [9.17, 15) is 14.7 Å². The fourth-order valence-electron chi connectivity index (χ4n) is 4.34. The van der Waals surface area contributed by atoms with Crippen molar-refractivity contribution >= 4 is 12.1 Å². The highest BCUT2D eigenvalue weighted by Crippen LogP contribution is 2.44. The maximum absolute atomic E-state index is 12.6. The van der Waals surface area contributed by atoms with Crippen LogP contribution in [0.2, 0.25) is 0 Å². The van der Waals surface area contributed by atoms with Gasteiger partial charge in [0.2, 0.25) is 0 Å². The predicted molar refractivity (Wildman–Crippen MR) is 97.8 cm³/mol. The minimum Gasteiger partial charge on any atom is -0.479 e. The van der Waals surface area contributed by atoms with Gasteiger partial charge < -0.3 is 20.1 Å². The van der Waals surface area contributed by atoms with E-state index in [-0.39, 0.29) is 11.8 Å².